The quantitative estimate of drug-likeness (QED) is 0.683. The Morgan fingerprint density at radius 1 is 1.62 bits per heavy atom. The van der Waals surface area contributed by atoms with E-state index in [1.54, 1.807) is 0 Å². The third-order valence-electron chi connectivity index (χ3n) is 2.45. The molecule has 78 valence electrons. The van der Waals surface area contributed by atoms with Crippen LogP contribution in [0.3, 0.4) is 0 Å². The van der Waals surface area contributed by atoms with Gasteiger partial charge in [-0.05, 0) is 24.8 Å². The minimum Gasteiger partial charge on any atom is -0.381 e. The highest BCUT2D eigenvalue weighted by molar-refractivity contribution is 7.90. The van der Waals surface area contributed by atoms with E-state index in [4.69, 9.17) is 10.5 Å². The van der Waals surface area contributed by atoms with Crippen molar-refractivity contribution in [3.8, 4) is 0 Å². The van der Waals surface area contributed by atoms with Crippen LogP contribution in [0, 0.1) is 11.8 Å². The molecule has 0 saturated carbocycles. The minimum absolute atomic E-state index is 0.0671. The Hall–Kier alpha value is -0.130. The molecule has 0 radical (unpaired) electrons. The lowest BCUT2D eigenvalue weighted by Gasteiger charge is -2.19. The Morgan fingerprint density at radius 2 is 2.31 bits per heavy atom. The molecule has 1 aliphatic rings. The van der Waals surface area contributed by atoms with Crippen LogP contribution in [0.1, 0.15) is 6.42 Å². The first-order valence-electron chi connectivity index (χ1n) is 4.48. The maximum Gasteiger partial charge on any atom is 0.147 e. The predicted molar refractivity (Wildman–Crippen MR) is 51.2 cm³/mol. The second kappa shape index (κ2) is 4.39. The van der Waals surface area contributed by atoms with Gasteiger partial charge in [-0.1, -0.05) is 0 Å². The van der Waals surface area contributed by atoms with Gasteiger partial charge < -0.3 is 10.5 Å². The number of ether oxygens (including phenoxy) is 1. The fourth-order valence-corrected chi connectivity index (χ4v) is 2.90. The minimum atomic E-state index is -2.91. The molecular formula is C8H17NO3S. The highest BCUT2D eigenvalue weighted by Gasteiger charge is 2.27. The molecule has 0 aromatic heterocycles. The van der Waals surface area contributed by atoms with Crippen LogP contribution in [0.25, 0.3) is 0 Å². The van der Waals surface area contributed by atoms with Crippen molar-refractivity contribution in [1.29, 1.82) is 0 Å². The van der Waals surface area contributed by atoms with Crippen LogP contribution in [0.5, 0.6) is 0 Å². The number of nitrogens with two attached hydrogens (primary N) is 1. The van der Waals surface area contributed by atoms with Gasteiger partial charge in [-0.3, -0.25) is 0 Å². The van der Waals surface area contributed by atoms with Gasteiger partial charge in [-0.2, -0.15) is 0 Å². The van der Waals surface area contributed by atoms with Gasteiger partial charge in [-0.15, -0.1) is 0 Å². The molecule has 2 atom stereocenters. The molecule has 1 fully saturated rings. The zero-order valence-corrected chi connectivity index (χ0v) is 8.72. The summed E-state index contributed by atoms with van der Waals surface area (Å²) in [6, 6.07) is 0. The van der Waals surface area contributed by atoms with Crippen LogP contribution in [-0.4, -0.2) is 40.2 Å². The Morgan fingerprint density at radius 3 is 2.69 bits per heavy atom. The molecule has 0 bridgehead atoms. The fourth-order valence-electron chi connectivity index (χ4n) is 1.71. The predicted octanol–water partition coefficient (Wildman–Crippen LogP) is -0.358. The first-order chi connectivity index (χ1) is 6.03. The van der Waals surface area contributed by atoms with E-state index in [9.17, 15) is 8.42 Å². The molecule has 1 heterocycles. The van der Waals surface area contributed by atoms with Crippen LogP contribution in [0.4, 0.5) is 0 Å². The van der Waals surface area contributed by atoms with Crippen LogP contribution < -0.4 is 5.73 Å². The van der Waals surface area contributed by atoms with Gasteiger partial charge in [0.2, 0.25) is 0 Å². The summed E-state index contributed by atoms with van der Waals surface area (Å²) in [7, 11) is -2.91. The van der Waals surface area contributed by atoms with Crippen LogP contribution >= 0.6 is 0 Å². The van der Waals surface area contributed by atoms with Crippen molar-refractivity contribution in [2.75, 3.05) is 31.8 Å². The average molecular weight is 207 g/mol. The summed E-state index contributed by atoms with van der Waals surface area (Å²) >= 11 is 0. The normalized spacial score (nSPS) is 26.2. The van der Waals surface area contributed by atoms with E-state index in [1.165, 1.54) is 6.26 Å². The lowest BCUT2D eigenvalue weighted by molar-refractivity contribution is 0.175. The lowest BCUT2D eigenvalue weighted by Crippen LogP contribution is -2.30. The monoisotopic (exact) mass is 207 g/mol. The molecule has 1 aliphatic heterocycles. The summed E-state index contributed by atoms with van der Waals surface area (Å²) in [6.45, 7) is 1.84. The molecular weight excluding hydrogens is 190 g/mol. The SMILES string of the molecule is CS(=O)(=O)CC(CN)C1CCOC1. The van der Waals surface area contributed by atoms with E-state index in [-0.39, 0.29) is 11.7 Å². The van der Waals surface area contributed by atoms with Crippen molar-refractivity contribution in [2.45, 2.75) is 6.42 Å². The number of hydrogen-bond donors (Lipinski definition) is 1. The van der Waals surface area contributed by atoms with Crippen LogP contribution in [0.2, 0.25) is 0 Å². The lowest BCUT2D eigenvalue weighted by atomic mass is 9.93. The van der Waals surface area contributed by atoms with Crippen molar-refractivity contribution in [2.24, 2.45) is 17.6 Å². The molecule has 0 aromatic carbocycles. The van der Waals surface area contributed by atoms with Gasteiger partial charge in [-0.25, -0.2) is 8.42 Å². The van der Waals surface area contributed by atoms with Crippen LogP contribution in [0.15, 0.2) is 0 Å². The largest absolute Gasteiger partial charge is 0.381 e. The topological polar surface area (TPSA) is 69.4 Å². The molecule has 4 nitrogen and oxygen atoms in total. The van der Waals surface area contributed by atoms with Crippen molar-refractivity contribution in [3.63, 3.8) is 0 Å². The fraction of sp³-hybridized carbons (Fsp3) is 1.00. The summed E-state index contributed by atoms with van der Waals surface area (Å²) < 4.78 is 27.3. The molecule has 1 rings (SSSR count). The second-order valence-electron chi connectivity index (χ2n) is 3.71. The molecule has 0 aromatic rings. The number of rotatable bonds is 4. The van der Waals surface area contributed by atoms with Crippen LogP contribution in [-0.2, 0) is 14.6 Å². The number of sulfone groups is 1. The third-order valence-corrected chi connectivity index (χ3v) is 3.48. The van der Waals surface area contributed by atoms with Gasteiger partial charge in [0.05, 0.1) is 5.75 Å². The van der Waals surface area contributed by atoms with Gasteiger partial charge in [0.15, 0.2) is 0 Å². The van der Waals surface area contributed by atoms with Crippen molar-refractivity contribution >= 4 is 9.84 Å². The highest BCUT2D eigenvalue weighted by Crippen LogP contribution is 2.22. The van der Waals surface area contributed by atoms with E-state index in [2.05, 4.69) is 0 Å². The zero-order chi connectivity index (χ0) is 9.90. The molecule has 2 N–H and O–H groups in total. The Balaban J connectivity index is 2.51. The van der Waals surface area contributed by atoms with E-state index < -0.39 is 9.84 Å². The Bertz CT molecular complexity index is 244. The summed E-state index contributed by atoms with van der Waals surface area (Å²) in [6.07, 6.45) is 2.20. The summed E-state index contributed by atoms with van der Waals surface area (Å²) in [5, 5.41) is 0. The second-order valence-corrected chi connectivity index (χ2v) is 5.90. The van der Waals surface area contributed by atoms with Gasteiger partial charge >= 0.3 is 0 Å². The Kier molecular flexibility index (Phi) is 3.70. The molecule has 0 spiro atoms. The molecule has 13 heavy (non-hydrogen) atoms. The standard InChI is InChI=1S/C8H17NO3S/c1-13(10,11)6-8(4-9)7-2-3-12-5-7/h7-8H,2-6,9H2,1H3. The average Bonchev–Trinajstić information content (AvgIpc) is 2.50. The first kappa shape index (κ1) is 10.9. The van der Waals surface area contributed by atoms with Crippen molar-refractivity contribution in [1.82, 2.24) is 0 Å². The van der Waals surface area contributed by atoms with Gasteiger partial charge in [0, 0.05) is 19.5 Å². The maximum absolute atomic E-state index is 11.1. The highest BCUT2D eigenvalue weighted by atomic mass is 32.2. The van der Waals surface area contributed by atoms with Crippen molar-refractivity contribution in [3.05, 3.63) is 0 Å². The first-order valence-corrected chi connectivity index (χ1v) is 6.54. The third kappa shape index (κ3) is 3.62. The summed E-state index contributed by atoms with van der Waals surface area (Å²) in [5.41, 5.74) is 5.54. The molecule has 5 heteroatoms. The summed E-state index contributed by atoms with van der Waals surface area (Å²) in [4.78, 5) is 0. The molecule has 0 amide bonds. The molecule has 2 unspecified atom stereocenters. The smallest absolute Gasteiger partial charge is 0.147 e. The molecule has 0 aliphatic carbocycles. The number of hydrogen-bond acceptors (Lipinski definition) is 4. The summed E-state index contributed by atoms with van der Waals surface area (Å²) in [5.74, 6) is 0.592. The van der Waals surface area contributed by atoms with Crippen molar-refractivity contribution < 1.29 is 13.2 Å². The van der Waals surface area contributed by atoms with E-state index in [1.807, 2.05) is 0 Å². The molecule has 1 saturated heterocycles. The van der Waals surface area contributed by atoms with E-state index >= 15 is 0 Å². The Labute approximate surface area is 79.4 Å². The van der Waals surface area contributed by atoms with E-state index in [0.29, 0.717) is 19.1 Å². The van der Waals surface area contributed by atoms with Gasteiger partial charge in [0.1, 0.15) is 9.84 Å². The maximum atomic E-state index is 11.1. The zero-order valence-electron chi connectivity index (χ0n) is 7.90. The van der Waals surface area contributed by atoms with Gasteiger partial charge in [0.25, 0.3) is 0 Å². The van der Waals surface area contributed by atoms with E-state index in [0.717, 1.165) is 13.0 Å².